The van der Waals surface area contributed by atoms with Gasteiger partial charge in [0, 0.05) is 18.8 Å². The summed E-state index contributed by atoms with van der Waals surface area (Å²) in [6, 6.07) is 8.46. The Morgan fingerprint density at radius 2 is 2.00 bits per heavy atom. The topological polar surface area (TPSA) is 23.5 Å². The molecule has 2 nitrogen and oxygen atoms in total. The first kappa shape index (κ1) is 14.0. The molecule has 1 aromatic rings. The molecule has 1 N–H and O–H groups in total. The number of hydrogen-bond acceptors (Lipinski definition) is 2. The molecule has 0 radical (unpaired) electrons. The summed E-state index contributed by atoms with van der Waals surface area (Å²) in [5.41, 5.74) is 2.47. The maximum Gasteiger partial charge on any atom is 0.0740 e. The Morgan fingerprint density at radius 3 is 2.53 bits per heavy atom. The first-order chi connectivity index (χ1) is 8.08. The maximum absolute atomic E-state index is 10.1. The third kappa shape index (κ3) is 4.04. The Balaban J connectivity index is 2.72. The van der Waals surface area contributed by atoms with Crippen molar-refractivity contribution in [2.45, 2.75) is 40.2 Å². The summed E-state index contributed by atoms with van der Waals surface area (Å²) >= 11 is 0. The summed E-state index contributed by atoms with van der Waals surface area (Å²) in [6.07, 6.45) is 0.771. The van der Waals surface area contributed by atoms with E-state index in [2.05, 4.69) is 56.9 Å². The SMILES string of the molecule is CCC(C)C(O)CN(CC)c1cccc(C)c1. The van der Waals surface area contributed by atoms with Crippen molar-refractivity contribution >= 4 is 5.69 Å². The molecule has 0 spiro atoms. The van der Waals surface area contributed by atoms with Crippen molar-refractivity contribution in [3.05, 3.63) is 29.8 Å². The van der Waals surface area contributed by atoms with Gasteiger partial charge in [-0.15, -0.1) is 0 Å². The van der Waals surface area contributed by atoms with Crippen LogP contribution in [0.4, 0.5) is 5.69 Å². The van der Waals surface area contributed by atoms with Gasteiger partial charge in [-0.05, 0) is 37.5 Å². The van der Waals surface area contributed by atoms with Crippen LogP contribution in [-0.4, -0.2) is 24.3 Å². The van der Waals surface area contributed by atoms with Gasteiger partial charge >= 0.3 is 0 Å². The Kier molecular flexibility index (Phi) is 5.49. The minimum absolute atomic E-state index is 0.250. The van der Waals surface area contributed by atoms with Gasteiger partial charge in [0.15, 0.2) is 0 Å². The minimum atomic E-state index is -0.250. The number of nitrogens with zero attached hydrogens (tertiary/aromatic N) is 1. The van der Waals surface area contributed by atoms with Gasteiger partial charge in [0.1, 0.15) is 0 Å². The van der Waals surface area contributed by atoms with Crippen LogP contribution >= 0.6 is 0 Å². The molecular weight excluding hydrogens is 210 g/mol. The van der Waals surface area contributed by atoms with E-state index in [4.69, 9.17) is 0 Å². The first-order valence-electron chi connectivity index (χ1n) is 6.58. The fourth-order valence-corrected chi connectivity index (χ4v) is 1.92. The molecule has 0 saturated carbocycles. The predicted molar refractivity (Wildman–Crippen MR) is 74.5 cm³/mol. The summed E-state index contributed by atoms with van der Waals surface area (Å²) in [5.74, 6) is 0.355. The van der Waals surface area contributed by atoms with Crippen molar-refractivity contribution in [2.75, 3.05) is 18.0 Å². The number of anilines is 1. The molecule has 17 heavy (non-hydrogen) atoms. The van der Waals surface area contributed by atoms with Crippen LogP contribution in [0.1, 0.15) is 32.8 Å². The number of hydrogen-bond donors (Lipinski definition) is 1. The largest absolute Gasteiger partial charge is 0.391 e. The molecule has 0 fully saturated rings. The van der Waals surface area contributed by atoms with Gasteiger partial charge in [0.05, 0.1) is 6.10 Å². The molecule has 0 aliphatic carbocycles. The normalized spacial score (nSPS) is 14.4. The van der Waals surface area contributed by atoms with Crippen LogP contribution in [-0.2, 0) is 0 Å². The Labute approximate surface area is 105 Å². The number of benzene rings is 1. The summed E-state index contributed by atoms with van der Waals surface area (Å²) in [5, 5.41) is 10.1. The van der Waals surface area contributed by atoms with E-state index >= 15 is 0 Å². The number of likely N-dealkylation sites (N-methyl/N-ethyl adjacent to an activating group) is 1. The van der Waals surface area contributed by atoms with Gasteiger partial charge in [0.2, 0.25) is 0 Å². The Bertz CT molecular complexity index is 337. The second kappa shape index (κ2) is 6.65. The van der Waals surface area contributed by atoms with E-state index in [0.717, 1.165) is 19.5 Å². The van der Waals surface area contributed by atoms with Gasteiger partial charge < -0.3 is 10.0 Å². The van der Waals surface area contributed by atoms with Gasteiger partial charge in [-0.2, -0.15) is 0 Å². The molecular formula is C15H25NO. The lowest BCUT2D eigenvalue weighted by Crippen LogP contribution is -2.35. The quantitative estimate of drug-likeness (QED) is 0.818. The lowest BCUT2D eigenvalue weighted by atomic mass is 10.0. The summed E-state index contributed by atoms with van der Waals surface area (Å²) < 4.78 is 0. The van der Waals surface area contributed by atoms with Crippen molar-refractivity contribution in [3.63, 3.8) is 0 Å². The van der Waals surface area contributed by atoms with Gasteiger partial charge in [0.25, 0.3) is 0 Å². The van der Waals surface area contributed by atoms with Gasteiger partial charge in [-0.3, -0.25) is 0 Å². The molecule has 0 aromatic heterocycles. The maximum atomic E-state index is 10.1. The highest BCUT2D eigenvalue weighted by atomic mass is 16.3. The molecule has 0 aliphatic rings. The number of aryl methyl sites for hydroxylation is 1. The number of aliphatic hydroxyl groups excluding tert-OH is 1. The average molecular weight is 235 g/mol. The van der Waals surface area contributed by atoms with Crippen LogP contribution in [0.3, 0.4) is 0 Å². The highest BCUT2D eigenvalue weighted by Crippen LogP contribution is 2.18. The van der Waals surface area contributed by atoms with Gasteiger partial charge in [-0.1, -0.05) is 32.4 Å². The number of aliphatic hydroxyl groups is 1. The summed E-state index contributed by atoms with van der Waals surface area (Å²) in [4.78, 5) is 2.24. The molecule has 0 heterocycles. The molecule has 2 unspecified atom stereocenters. The highest BCUT2D eigenvalue weighted by Gasteiger charge is 2.16. The molecule has 0 amide bonds. The molecule has 2 atom stereocenters. The molecule has 0 aliphatic heterocycles. The fraction of sp³-hybridized carbons (Fsp3) is 0.600. The first-order valence-corrected chi connectivity index (χ1v) is 6.58. The van der Waals surface area contributed by atoms with Gasteiger partial charge in [-0.25, -0.2) is 0 Å². The average Bonchev–Trinajstić information content (AvgIpc) is 2.34. The van der Waals surface area contributed by atoms with E-state index in [1.165, 1.54) is 11.3 Å². The summed E-state index contributed by atoms with van der Waals surface area (Å²) in [7, 11) is 0. The highest BCUT2D eigenvalue weighted by molar-refractivity contribution is 5.48. The van der Waals surface area contributed by atoms with Crippen LogP contribution in [0.5, 0.6) is 0 Å². The second-order valence-corrected chi connectivity index (χ2v) is 4.83. The molecule has 0 bridgehead atoms. The zero-order valence-corrected chi connectivity index (χ0v) is 11.5. The van der Waals surface area contributed by atoms with Crippen LogP contribution in [0.15, 0.2) is 24.3 Å². The van der Waals surface area contributed by atoms with E-state index in [0.29, 0.717) is 5.92 Å². The predicted octanol–water partition coefficient (Wildman–Crippen LogP) is 3.23. The monoisotopic (exact) mass is 235 g/mol. The van der Waals surface area contributed by atoms with E-state index in [1.807, 2.05) is 0 Å². The number of rotatable bonds is 6. The van der Waals surface area contributed by atoms with Crippen LogP contribution in [0, 0.1) is 12.8 Å². The molecule has 96 valence electrons. The fourth-order valence-electron chi connectivity index (χ4n) is 1.92. The summed E-state index contributed by atoms with van der Waals surface area (Å²) in [6.45, 7) is 10.1. The Hall–Kier alpha value is -1.02. The van der Waals surface area contributed by atoms with Crippen molar-refractivity contribution in [1.82, 2.24) is 0 Å². The second-order valence-electron chi connectivity index (χ2n) is 4.83. The minimum Gasteiger partial charge on any atom is -0.391 e. The van der Waals surface area contributed by atoms with Crippen molar-refractivity contribution in [1.29, 1.82) is 0 Å². The van der Waals surface area contributed by atoms with Crippen LogP contribution in [0.2, 0.25) is 0 Å². The van der Waals surface area contributed by atoms with Crippen LogP contribution in [0.25, 0.3) is 0 Å². The Morgan fingerprint density at radius 1 is 1.29 bits per heavy atom. The lowest BCUT2D eigenvalue weighted by Gasteiger charge is -2.28. The van der Waals surface area contributed by atoms with Crippen molar-refractivity contribution < 1.29 is 5.11 Å². The molecule has 2 heteroatoms. The molecule has 1 rings (SSSR count). The third-order valence-electron chi connectivity index (χ3n) is 3.46. The van der Waals surface area contributed by atoms with E-state index in [1.54, 1.807) is 0 Å². The van der Waals surface area contributed by atoms with Crippen LogP contribution < -0.4 is 4.90 Å². The zero-order chi connectivity index (χ0) is 12.8. The van der Waals surface area contributed by atoms with E-state index < -0.39 is 0 Å². The van der Waals surface area contributed by atoms with Crippen molar-refractivity contribution in [2.24, 2.45) is 5.92 Å². The standard InChI is InChI=1S/C15H25NO/c1-5-13(4)15(17)11-16(6-2)14-9-7-8-12(3)10-14/h7-10,13,15,17H,5-6,11H2,1-4H3. The lowest BCUT2D eigenvalue weighted by molar-refractivity contribution is 0.120. The van der Waals surface area contributed by atoms with E-state index in [9.17, 15) is 5.11 Å². The molecule has 1 aromatic carbocycles. The third-order valence-corrected chi connectivity index (χ3v) is 3.46. The zero-order valence-electron chi connectivity index (χ0n) is 11.5. The van der Waals surface area contributed by atoms with E-state index in [-0.39, 0.29) is 6.10 Å². The van der Waals surface area contributed by atoms with Crippen molar-refractivity contribution in [3.8, 4) is 0 Å². The smallest absolute Gasteiger partial charge is 0.0740 e. The molecule has 0 saturated heterocycles.